The highest BCUT2D eigenvalue weighted by Crippen LogP contribution is 2.51. The Hall–Kier alpha value is -7.30. The van der Waals surface area contributed by atoms with Crippen molar-refractivity contribution in [2.75, 3.05) is 0 Å². The average molecular weight is 721 g/mol. The number of benzene rings is 9. The molecule has 57 heavy (non-hydrogen) atoms. The van der Waals surface area contributed by atoms with Crippen molar-refractivity contribution >= 4 is 99.4 Å². The Morgan fingerprint density at radius 1 is 0.439 bits per heavy atom. The van der Waals surface area contributed by atoms with Crippen LogP contribution in [0.5, 0.6) is 0 Å². The Morgan fingerprint density at radius 3 is 1.93 bits per heavy atom. The SMILES string of the molecule is Cc1cc2c3c(c1)-n1c4ccc5cccc6c5c4c4c5c(cc(c41)B3c1cc(-c3ccccc3)cc3c4cc(-c7ccccc7)ccc4n-2c13)oc1cccc-6c15. The fraction of sp³-hybridized carbons (Fsp3) is 0.0189. The fourth-order valence-electron chi connectivity index (χ4n) is 11.5. The van der Waals surface area contributed by atoms with Gasteiger partial charge in [-0.2, -0.15) is 0 Å². The zero-order chi connectivity index (χ0) is 36.8. The highest BCUT2D eigenvalue weighted by Gasteiger charge is 2.43. The molecular formula is C53H29BN2O. The third kappa shape index (κ3) is 3.33. The van der Waals surface area contributed by atoms with Crippen LogP contribution in [0, 0.1) is 6.92 Å². The molecule has 9 aromatic carbocycles. The summed E-state index contributed by atoms with van der Waals surface area (Å²) in [6.45, 7) is 2.26. The van der Waals surface area contributed by atoms with Gasteiger partial charge >= 0.3 is 0 Å². The molecule has 3 nitrogen and oxygen atoms in total. The first-order chi connectivity index (χ1) is 28.2. The molecule has 0 saturated heterocycles. The van der Waals surface area contributed by atoms with E-state index in [-0.39, 0.29) is 6.71 Å². The monoisotopic (exact) mass is 720 g/mol. The van der Waals surface area contributed by atoms with Gasteiger partial charge in [0.15, 0.2) is 0 Å². The maximum Gasteiger partial charge on any atom is 0.252 e. The molecule has 0 radical (unpaired) electrons. The van der Waals surface area contributed by atoms with Gasteiger partial charge in [0, 0.05) is 49.2 Å². The Kier molecular flexibility index (Phi) is 4.96. The van der Waals surface area contributed by atoms with Crippen LogP contribution in [-0.2, 0) is 0 Å². The fourth-order valence-corrected chi connectivity index (χ4v) is 11.5. The molecule has 0 atom stereocenters. The largest absolute Gasteiger partial charge is 0.456 e. The zero-order valence-electron chi connectivity index (χ0n) is 30.9. The summed E-state index contributed by atoms with van der Waals surface area (Å²) in [5.41, 5.74) is 22.3. The first-order valence-corrected chi connectivity index (χ1v) is 20.0. The molecule has 15 rings (SSSR count). The van der Waals surface area contributed by atoms with Crippen LogP contribution in [0.4, 0.5) is 0 Å². The second kappa shape index (κ2) is 9.73. The molecule has 5 heterocycles. The molecule has 0 spiro atoms. The van der Waals surface area contributed by atoms with Crippen LogP contribution < -0.4 is 16.4 Å². The van der Waals surface area contributed by atoms with Crippen LogP contribution in [-0.4, -0.2) is 15.8 Å². The standard InChI is InChI=1S/C53H29BN2O/c1-28-22-42-51-43(23-28)56-41-21-18-31-14-8-15-34-35-16-9-17-44-47(35)49-45(57-44)27-39(53(56)50(49)48(41)46(31)34)54(51)38-26-33(30-12-6-3-7-13-30)25-37-36-24-32(29-10-4-2-5-11-29)19-20-40(36)55(42)52(37)38/h2-27H,1H3. The number of nitrogens with zero attached hydrogens (tertiary/aromatic N) is 2. The molecule has 0 amide bonds. The molecule has 12 aromatic rings. The molecule has 260 valence electrons. The topological polar surface area (TPSA) is 23.0 Å². The highest BCUT2D eigenvalue weighted by molar-refractivity contribution is 7.00. The van der Waals surface area contributed by atoms with Crippen molar-refractivity contribution < 1.29 is 4.42 Å². The van der Waals surface area contributed by atoms with Crippen molar-refractivity contribution in [3.8, 4) is 44.8 Å². The Balaban J connectivity index is 1.18. The van der Waals surface area contributed by atoms with Gasteiger partial charge in [-0.05, 0) is 122 Å². The van der Waals surface area contributed by atoms with Crippen LogP contribution in [0.1, 0.15) is 5.56 Å². The summed E-state index contributed by atoms with van der Waals surface area (Å²) in [5.74, 6) is 0. The first kappa shape index (κ1) is 29.1. The van der Waals surface area contributed by atoms with Gasteiger partial charge < -0.3 is 13.6 Å². The maximum absolute atomic E-state index is 6.96. The van der Waals surface area contributed by atoms with Crippen LogP contribution in [0.15, 0.2) is 162 Å². The van der Waals surface area contributed by atoms with Gasteiger partial charge in [-0.3, -0.25) is 0 Å². The van der Waals surface area contributed by atoms with Crippen LogP contribution in [0.3, 0.4) is 0 Å². The van der Waals surface area contributed by atoms with Crippen molar-refractivity contribution in [3.63, 3.8) is 0 Å². The second-order valence-electron chi connectivity index (χ2n) is 16.5. The second-order valence-corrected chi connectivity index (χ2v) is 16.5. The van der Waals surface area contributed by atoms with Gasteiger partial charge in [-0.1, -0.05) is 109 Å². The minimum atomic E-state index is -0.00458. The lowest BCUT2D eigenvalue weighted by molar-refractivity contribution is 0.669. The molecule has 0 N–H and O–H groups in total. The van der Waals surface area contributed by atoms with E-state index in [0.29, 0.717) is 0 Å². The van der Waals surface area contributed by atoms with Gasteiger partial charge in [-0.15, -0.1) is 0 Å². The lowest BCUT2D eigenvalue weighted by Crippen LogP contribution is -2.59. The minimum absolute atomic E-state index is 0.00458. The lowest BCUT2D eigenvalue weighted by Gasteiger charge is -2.34. The number of fused-ring (bicyclic) bond motifs is 9. The Bertz CT molecular complexity index is 3870. The van der Waals surface area contributed by atoms with Crippen LogP contribution in [0.2, 0.25) is 0 Å². The van der Waals surface area contributed by atoms with Crippen molar-refractivity contribution in [1.29, 1.82) is 0 Å². The average Bonchev–Trinajstić information content (AvgIpc) is 3.89. The zero-order valence-corrected chi connectivity index (χ0v) is 30.9. The van der Waals surface area contributed by atoms with E-state index in [9.17, 15) is 0 Å². The molecule has 0 unspecified atom stereocenters. The predicted octanol–water partition coefficient (Wildman–Crippen LogP) is 11.7. The van der Waals surface area contributed by atoms with E-state index in [1.165, 1.54) is 132 Å². The highest BCUT2D eigenvalue weighted by atomic mass is 16.3. The number of aromatic nitrogens is 2. The summed E-state index contributed by atoms with van der Waals surface area (Å²) in [6, 6.07) is 59.1. The molecule has 3 aliphatic rings. The first-order valence-electron chi connectivity index (χ1n) is 20.0. The minimum Gasteiger partial charge on any atom is -0.456 e. The van der Waals surface area contributed by atoms with E-state index >= 15 is 0 Å². The maximum atomic E-state index is 6.96. The molecule has 1 aliphatic carbocycles. The van der Waals surface area contributed by atoms with Crippen LogP contribution >= 0.6 is 0 Å². The molecular weight excluding hydrogens is 691 g/mol. The summed E-state index contributed by atoms with van der Waals surface area (Å²) in [6.07, 6.45) is 0. The molecule has 0 bridgehead atoms. The number of hydrogen-bond donors (Lipinski definition) is 0. The summed E-state index contributed by atoms with van der Waals surface area (Å²) in [4.78, 5) is 0. The predicted molar refractivity (Wildman–Crippen MR) is 239 cm³/mol. The third-order valence-electron chi connectivity index (χ3n) is 13.6. The van der Waals surface area contributed by atoms with E-state index in [2.05, 4.69) is 174 Å². The van der Waals surface area contributed by atoms with Gasteiger partial charge in [-0.25, -0.2) is 0 Å². The molecule has 0 fully saturated rings. The number of hydrogen-bond acceptors (Lipinski definition) is 1. The van der Waals surface area contributed by atoms with Crippen molar-refractivity contribution in [1.82, 2.24) is 9.13 Å². The van der Waals surface area contributed by atoms with Gasteiger partial charge in [0.2, 0.25) is 0 Å². The van der Waals surface area contributed by atoms with E-state index < -0.39 is 0 Å². The Labute approximate surface area is 326 Å². The normalized spacial score (nSPS) is 13.3. The van der Waals surface area contributed by atoms with E-state index in [1.54, 1.807) is 0 Å². The van der Waals surface area contributed by atoms with E-state index in [1.807, 2.05) is 0 Å². The molecule has 2 aliphatic heterocycles. The lowest BCUT2D eigenvalue weighted by atomic mass is 9.34. The summed E-state index contributed by atoms with van der Waals surface area (Å²) in [5, 5.41) is 10.3. The quantitative estimate of drug-likeness (QED) is 0.163. The molecule has 0 saturated carbocycles. The van der Waals surface area contributed by atoms with Crippen LogP contribution in [0.25, 0.3) is 121 Å². The van der Waals surface area contributed by atoms with E-state index in [4.69, 9.17) is 4.42 Å². The van der Waals surface area contributed by atoms with E-state index in [0.717, 1.165) is 11.2 Å². The summed E-state index contributed by atoms with van der Waals surface area (Å²) in [7, 11) is 0. The smallest absolute Gasteiger partial charge is 0.252 e. The van der Waals surface area contributed by atoms with Gasteiger partial charge in [0.05, 0.1) is 16.6 Å². The Morgan fingerprint density at radius 2 is 1.12 bits per heavy atom. The molecule has 4 heteroatoms. The summed E-state index contributed by atoms with van der Waals surface area (Å²) >= 11 is 0. The van der Waals surface area contributed by atoms with Gasteiger partial charge in [0.1, 0.15) is 11.2 Å². The third-order valence-corrected chi connectivity index (χ3v) is 13.6. The van der Waals surface area contributed by atoms with Crippen molar-refractivity contribution in [2.24, 2.45) is 0 Å². The van der Waals surface area contributed by atoms with Crippen molar-refractivity contribution in [3.05, 3.63) is 163 Å². The van der Waals surface area contributed by atoms with Crippen molar-refractivity contribution in [2.45, 2.75) is 6.92 Å². The number of furan rings is 1. The van der Waals surface area contributed by atoms with Gasteiger partial charge in [0.25, 0.3) is 6.71 Å². The molecule has 3 aromatic heterocycles. The number of aryl methyl sites for hydroxylation is 1. The summed E-state index contributed by atoms with van der Waals surface area (Å²) < 4.78 is 12.2. The number of rotatable bonds is 2.